The Morgan fingerprint density at radius 3 is 2.57 bits per heavy atom. The van der Waals surface area contributed by atoms with Crippen molar-refractivity contribution in [2.75, 3.05) is 57.4 Å². The van der Waals surface area contributed by atoms with Crippen LogP contribution < -0.4 is 9.64 Å². The summed E-state index contributed by atoms with van der Waals surface area (Å²) in [5.41, 5.74) is -2.73. The summed E-state index contributed by atoms with van der Waals surface area (Å²) in [7, 11) is 0. The van der Waals surface area contributed by atoms with Gasteiger partial charge in [0.2, 0.25) is 0 Å². The molecule has 5 rings (SSSR count). The number of aliphatic hydroxyl groups is 1. The molecular formula is C25H31BrF4N4O3. The largest absolute Gasteiger partial charge is 0.463 e. The van der Waals surface area contributed by atoms with Gasteiger partial charge in [-0.2, -0.15) is 23.1 Å². The first-order chi connectivity index (χ1) is 17.5. The Morgan fingerprint density at radius 1 is 1.16 bits per heavy atom. The zero-order valence-corrected chi connectivity index (χ0v) is 22.3. The van der Waals surface area contributed by atoms with Crippen molar-refractivity contribution in [3.8, 4) is 6.01 Å². The number of nitrogens with zero attached hydrogens (tertiary/aromatic N) is 4. The molecule has 1 aromatic carbocycles. The number of hydrogen-bond acceptors (Lipinski definition) is 7. The Balaban J connectivity index is 1.51. The molecule has 204 valence electrons. The Labute approximate surface area is 221 Å². The zero-order valence-electron chi connectivity index (χ0n) is 20.7. The fraction of sp³-hybridized carbons (Fsp3) is 0.680. The van der Waals surface area contributed by atoms with Crippen molar-refractivity contribution in [2.45, 2.75) is 50.8 Å². The molecule has 3 aliphatic rings. The molecule has 2 saturated heterocycles. The Morgan fingerprint density at radius 2 is 1.89 bits per heavy atom. The SMILES string of the molecule is CC1(O)COCCN(c2nc(OCC3(CN4CCCCC4)CC3)nc3c(F)c(Br)c(C(F)(F)F)cc23)C1. The highest BCUT2D eigenvalue weighted by Gasteiger charge is 2.45. The molecule has 1 atom stereocenters. The van der Waals surface area contributed by atoms with Crippen molar-refractivity contribution in [2.24, 2.45) is 5.41 Å². The van der Waals surface area contributed by atoms with Crippen LogP contribution in [0.2, 0.25) is 0 Å². The Kier molecular flexibility index (Phi) is 7.32. The third kappa shape index (κ3) is 5.97. The molecule has 1 aromatic heterocycles. The first-order valence-electron chi connectivity index (χ1n) is 12.6. The van der Waals surface area contributed by atoms with E-state index in [4.69, 9.17) is 9.47 Å². The molecule has 0 radical (unpaired) electrons. The number of alkyl halides is 3. The van der Waals surface area contributed by atoms with Gasteiger partial charge in [0.15, 0.2) is 5.82 Å². The van der Waals surface area contributed by atoms with E-state index in [0.717, 1.165) is 38.5 Å². The van der Waals surface area contributed by atoms with E-state index >= 15 is 4.39 Å². The molecule has 0 amide bonds. The van der Waals surface area contributed by atoms with Crippen LogP contribution in [0, 0.1) is 11.2 Å². The maximum Gasteiger partial charge on any atom is 0.417 e. The third-order valence-electron chi connectivity index (χ3n) is 7.36. The smallest absolute Gasteiger partial charge is 0.417 e. The predicted molar refractivity (Wildman–Crippen MR) is 133 cm³/mol. The minimum Gasteiger partial charge on any atom is -0.463 e. The Hall–Kier alpha value is -1.76. The second-order valence-corrected chi connectivity index (χ2v) is 11.7. The summed E-state index contributed by atoms with van der Waals surface area (Å²) in [5.74, 6) is -1.06. The van der Waals surface area contributed by atoms with Crippen LogP contribution in [0.25, 0.3) is 10.9 Å². The second kappa shape index (κ2) is 10.1. The number of β-amino-alcohol motifs (C(OH)–C–C–N with tert-alkyl or cyclic N) is 1. The van der Waals surface area contributed by atoms with Gasteiger partial charge in [0.25, 0.3) is 0 Å². The van der Waals surface area contributed by atoms with E-state index < -0.39 is 27.6 Å². The fourth-order valence-electron chi connectivity index (χ4n) is 5.20. The lowest BCUT2D eigenvalue weighted by Crippen LogP contribution is -2.42. The summed E-state index contributed by atoms with van der Waals surface area (Å²) in [4.78, 5) is 12.7. The van der Waals surface area contributed by atoms with Crippen molar-refractivity contribution >= 4 is 32.7 Å². The van der Waals surface area contributed by atoms with Crippen molar-refractivity contribution in [3.63, 3.8) is 0 Å². The molecule has 12 heteroatoms. The highest BCUT2D eigenvalue weighted by molar-refractivity contribution is 9.10. The minimum atomic E-state index is -4.79. The zero-order chi connectivity index (χ0) is 26.4. The second-order valence-electron chi connectivity index (χ2n) is 10.9. The summed E-state index contributed by atoms with van der Waals surface area (Å²) in [6.07, 6.45) is 0.840. The van der Waals surface area contributed by atoms with Gasteiger partial charge in [-0.3, -0.25) is 0 Å². The lowest BCUT2D eigenvalue weighted by atomic mass is 10.1. The summed E-state index contributed by atoms with van der Waals surface area (Å²) >= 11 is 2.77. The van der Waals surface area contributed by atoms with Crippen LogP contribution in [-0.2, 0) is 10.9 Å². The number of likely N-dealkylation sites (tertiary alicyclic amines) is 1. The van der Waals surface area contributed by atoms with Crippen molar-refractivity contribution in [1.29, 1.82) is 0 Å². The van der Waals surface area contributed by atoms with Crippen molar-refractivity contribution in [3.05, 3.63) is 21.9 Å². The normalized spacial score (nSPS) is 24.8. The van der Waals surface area contributed by atoms with Crippen LogP contribution in [0.4, 0.5) is 23.4 Å². The fourth-order valence-corrected chi connectivity index (χ4v) is 5.72. The standard InChI is InChI=1S/C25H31BrF4N4O3/c1-23(35)12-34(9-10-36-14-23)21-16-11-17(25(28,29)30)18(26)19(27)20(16)31-22(32-21)37-15-24(5-6-24)13-33-7-3-2-4-8-33/h11,35H,2-10,12-15H2,1H3. The van der Waals surface area contributed by atoms with Gasteiger partial charge in [0.05, 0.1) is 36.4 Å². The average molecular weight is 591 g/mol. The summed E-state index contributed by atoms with van der Waals surface area (Å²) in [6, 6.07) is 0.753. The number of aromatic nitrogens is 2. The molecule has 7 nitrogen and oxygen atoms in total. The highest BCUT2D eigenvalue weighted by atomic mass is 79.9. The monoisotopic (exact) mass is 590 g/mol. The molecule has 3 fully saturated rings. The van der Waals surface area contributed by atoms with Crippen LogP contribution in [0.5, 0.6) is 6.01 Å². The maximum atomic E-state index is 15.4. The average Bonchev–Trinajstić information content (AvgIpc) is 3.63. The lowest BCUT2D eigenvalue weighted by molar-refractivity contribution is -0.138. The molecular weight excluding hydrogens is 560 g/mol. The quantitative estimate of drug-likeness (QED) is 0.485. The molecule has 3 heterocycles. The summed E-state index contributed by atoms with van der Waals surface area (Å²) < 4.78 is 67.3. The van der Waals surface area contributed by atoms with E-state index in [1.807, 2.05) is 0 Å². The molecule has 1 saturated carbocycles. The topological polar surface area (TPSA) is 71.0 Å². The summed E-state index contributed by atoms with van der Waals surface area (Å²) in [5, 5.41) is 10.6. The maximum absolute atomic E-state index is 15.4. The van der Waals surface area contributed by atoms with Crippen LogP contribution >= 0.6 is 15.9 Å². The number of ether oxygens (including phenoxy) is 2. The minimum absolute atomic E-state index is 0.0186. The predicted octanol–water partition coefficient (Wildman–Crippen LogP) is 4.78. The number of rotatable bonds is 6. The molecule has 1 unspecified atom stereocenters. The van der Waals surface area contributed by atoms with Gasteiger partial charge in [-0.1, -0.05) is 6.42 Å². The van der Waals surface area contributed by atoms with Gasteiger partial charge < -0.3 is 24.4 Å². The first-order valence-corrected chi connectivity index (χ1v) is 13.4. The first kappa shape index (κ1) is 26.8. The van der Waals surface area contributed by atoms with Gasteiger partial charge in [0.1, 0.15) is 16.9 Å². The molecule has 2 aromatic rings. The van der Waals surface area contributed by atoms with Crippen molar-refractivity contribution in [1.82, 2.24) is 14.9 Å². The van der Waals surface area contributed by atoms with Crippen LogP contribution in [0.1, 0.15) is 44.6 Å². The molecule has 37 heavy (non-hydrogen) atoms. The van der Waals surface area contributed by atoms with E-state index in [1.54, 1.807) is 11.8 Å². The third-order valence-corrected chi connectivity index (χ3v) is 8.13. The van der Waals surface area contributed by atoms with Crippen LogP contribution in [-0.4, -0.2) is 78.1 Å². The highest BCUT2D eigenvalue weighted by Crippen LogP contribution is 2.47. The van der Waals surface area contributed by atoms with Gasteiger partial charge in [-0.05, 0) is 67.7 Å². The van der Waals surface area contributed by atoms with Crippen LogP contribution in [0.15, 0.2) is 10.5 Å². The number of piperidine rings is 1. The lowest BCUT2D eigenvalue weighted by Gasteiger charge is -2.31. The van der Waals surface area contributed by atoms with Crippen molar-refractivity contribution < 1.29 is 32.1 Å². The number of fused-ring (bicyclic) bond motifs is 1. The van der Waals surface area contributed by atoms with E-state index in [0.29, 0.717) is 6.61 Å². The number of anilines is 1. The molecule has 1 aliphatic carbocycles. The van der Waals surface area contributed by atoms with Gasteiger partial charge in [-0.15, -0.1) is 0 Å². The molecule has 0 spiro atoms. The molecule has 2 aliphatic heterocycles. The van der Waals surface area contributed by atoms with Gasteiger partial charge >= 0.3 is 12.2 Å². The number of benzene rings is 1. The summed E-state index contributed by atoms with van der Waals surface area (Å²) in [6.45, 7) is 5.53. The van der Waals surface area contributed by atoms with Gasteiger partial charge in [0, 0.05) is 23.9 Å². The van der Waals surface area contributed by atoms with E-state index in [1.165, 1.54) is 19.3 Å². The van der Waals surface area contributed by atoms with E-state index in [9.17, 15) is 18.3 Å². The molecule has 1 N–H and O–H groups in total. The molecule has 0 bridgehead atoms. The Bertz CT molecular complexity index is 1150. The number of hydrogen-bond donors (Lipinski definition) is 1. The number of halogens is 5. The van der Waals surface area contributed by atoms with Gasteiger partial charge in [-0.25, -0.2) is 4.39 Å². The van der Waals surface area contributed by atoms with Crippen LogP contribution in [0.3, 0.4) is 0 Å². The van der Waals surface area contributed by atoms with E-state index in [-0.39, 0.29) is 54.4 Å². The van der Waals surface area contributed by atoms with E-state index in [2.05, 4.69) is 30.8 Å².